The Hall–Kier alpha value is -1.14. The van der Waals surface area contributed by atoms with Crippen LogP contribution in [0.3, 0.4) is 0 Å². The number of rotatable bonds is 6. The first-order valence-corrected chi connectivity index (χ1v) is 14.0. The molecule has 35 heavy (non-hydrogen) atoms. The van der Waals surface area contributed by atoms with E-state index in [4.69, 9.17) is 15.3 Å². The highest BCUT2D eigenvalue weighted by molar-refractivity contribution is 7.99. The van der Waals surface area contributed by atoms with Crippen LogP contribution >= 0.6 is 23.5 Å². The number of nitriles is 2. The summed E-state index contributed by atoms with van der Waals surface area (Å²) in [6.45, 7) is 11.0. The summed E-state index contributed by atoms with van der Waals surface area (Å²) in [4.78, 5) is 10.4. The molecule has 204 valence electrons. The summed E-state index contributed by atoms with van der Waals surface area (Å²) in [6, 6.07) is 4.39. The van der Waals surface area contributed by atoms with E-state index in [1.807, 2.05) is 86.7 Å². The molecular weight excluding hydrogens is 478 g/mol. The summed E-state index contributed by atoms with van der Waals surface area (Å²) in [7, 11) is 11.9. The Balaban J connectivity index is 0. The van der Waals surface area contributed by atoms with Gasteiger partial charge in [-0.15, -0.1) is 0 Å². The van der Waals surface area contributed by atoms with Gasteiger partial charge in [0.25, 0.3) is 0 Å². The van der Waals surface area contributed by atoms with Gasteiger partial charge >= 0.3 is 0 Å². The maximum absolute atomic E-state index is 8.93. The average Bonchev–Trinajstić information content (AvgIpc) is 2.77. The lowest BCUT2D eigenvalue weighted by Crippen LogP contribution is -2.46. The molecule has 0 aromatic heterocycles. The molecule has 0 spiro atoms. The van der Waals surface area contributed by atoms with Crippen LogP contribution < -0.4 is 0 Å². The van der Waals surface area contributed by atoms with Crippen LogP contribution in [0.2, 0.25) is 0 Å². The normalized spacial score (nSPS) is 16.9. The van der Waals surface area contributed by atoms with Crippen LogP contribution in [0.5, 0.6) is 0 Å². The average molecular weight is 530 g/mol. The molecule has 0 N–H and O–H groups in total. The van der Waals surface area contributed by atoms with Crippen LogP contribution in [-0.2, 0) is 4.74 Å². The number of thioether (sulfide) groups is 2. The third kappa shape index (κ3) is 18.7. The van der Waals surface area contributed by atoms with Crippen molar-refractivity contribution in [2.24, 2.45) is 0 Å². The van der Waals surface area contributed by atoms with Crippen LogP contribution in [0.4, 0.5) is 0 Å². The number of ether oxygens (including phenoxy) is 1. The molecule has 2 heterocycles. The van der Waals surface area contributed by atoms with Gasteiger partial charge in [-0.1, -0.05) is 7.43 Å². The SMILES string of the molecule is C.CN(C)/C=C(\C#N)N1CCSCC1.CN(C)C(OC(C)(C)C)N(C)C.N#CCN1CCSCC1. The van der Waals surface area contributed by atoms with Gasteiger partial charge in [0.15, 0.2) is 6.35 Å². The van der Waals surface area contributed by atoms with Gasteiger partial charge < -0.3 is 14.5 Å². The lowest BCUT2D eigenvalue weighted by atomic mass is 10.2. The predicted molar refractivity (Wildman–Crippen MR) is 154 cm³/mol. The summed E-state index contributed by atoms with van der Waals surface area (Å²) in [5.41, 5.74) is 0.685. The number of nitrogens with zero attached hydrogens (tertiary/aromatic N) is 7. The zero-order chi connectivity index (χ0) is 26.1. The molecule has 0 radical (unpaired) electrons. The molecule has 8 nitrogen and oxygen atoms in total. The molecule has 2 aliphatic rings. The summed E-state index contributed by atoms with van der Waals surface area (Å²) >= 11 is 3.93. The summed E-state index contributed by atoms with van der Waals surface area (Å²) in [6.07, 6.45) is 1.93. The van der Waals surface area contributed by atoms with E-state index >= 15 is 0 Å². The van der Waals surface area contributed by atoms with Gasteiger partial charge in [-0.25, -0.2) is 0 Å². The monoisotopic (exact) mass is 529 g/mol. The van der Waals surface area contributed by atoms with Crippen molar-refractivity contribution in [2.45, 2.75) is 40.2 Å². The Morgan fingerprint density at radius 1 is 0.914 bits per heavy atom. The van der Waals surface area contributed by atoms with E-state index in [1.165, 1.54) is 11.5 Å². The minimum Gasteiger partial charge on any atom is -0.381 e. The standard InChI is InChI=1S/C9H15N3S.C9H22N2O.C6H10N2S.CH4/c1-11(2)8-9(7-10)12-3-5-13-6-4-12;1-9(2,3)12-8(10(4)5)11(6)7;7-1-2-8-3-5-9-6-4-8;/h8H,3-6H2,1-2H3;8H,1-7H3;2-6H2;1H4/b9-8+;;;. The van der Waals surface area contributed by atoms with E-state index in [0.29, 0.717) is 6.54 Å². The lowest BCUT2D eigenvalue weighted by Gasteiger charge is -2.35. The Labute approximate surface area is 225 Å². The molecule has 0 amide bonds. The largest absolute Gasteiger partial charge is 0.381 e. The van der Waals surface area contributed by atoms with Gasteiger partial charge in [0.1, 0.15) is 11.8 Å². The molecule has 0 aromatic carbocycles. The smallest absolute Gasteiger partial charge is 0.168 e. The number of allylic oxidation sites excluding steroid dienone is 1. The van der Waals surface area contributed by atoms with Gasteiger partial charge in [-0.2, -0.15) is 34.0 Å². The van der Waals surface area contributed by atoms with Crippen molar-refractivity contribution in [1.29, 1.82) is 10.5 Å². The van der Waals surface area contributed by atoms with Gasteiger partial charge in [0, 0.05) is 69.5 Å². The van der Waals surface area contributed by atoms with Crippen LogP contribution in [0.25, 0.3) is 0 Å². The minimum atomic E-state index is -0.0980. The summed E-state index contributed by atoms with van der Waals surface area (Å²) in [5, 5.41) is 17.3. The molecule has 2 fully saturated rings. The van der Waals surface area contributed by atoms with Gasteiger partial charge in [0.05, 0.1) is 18.2 Å². The van der Waals surface area contributed by atoms with Crippen LogP contribution in [0.15, 0.2) is 11.9 Å². The van der Waals surface area contributed by atoms with Gasteiger partial charge in [-0.05, 0) is 49.0 Å². The molecule has 0 unspecified atom stereocenters. The van der Waals surface area contributed by atoms with Gasteiger partial charge in [-0.3, -0.25) is 14.7 Å². The van der Waals surface area contributed by atoms with E-state index in [1.54, 1.807) is 0 Å². The first kappa shape index (κ1) is 36.0. The summed E-state index contributed by atoms with van der Waals surface area (Å²) < 4.78 is 5.81. The quantitative estimate of drug-likeness (QED) is 0.290. The maximum Gasteiger partial charge on any atom is 0.168 e. The Bertz CT molecular complexity index is 632. The van der Waals surface area contributed by atoms with Crippen molar-refractivity contribution in [3.63, 3.8) is 0 Å². The first-order valence-electron chi connectivity index (χ1n) is 11.7. The van der Waals surface area contributed by atoms with Crippen molar-refractivity contribution in [3.05, 3.63) is 11.9 Å². The van der Waals surface area contributed by atoms with Crippen molar-refractivity contribution in [1.82, 2.24) is 24.5 Å². The zero-order valence-electron chi connectivity index (χ0n) is 22.9. The topological polar surface area (TPSA) is 73.0 Å². The third-order valence-electron chi connectivity index (χ3n) is 4.59. The molecule has 0 aromatic rings. The Morgan fingerprint density at radius 3 is 1.69 bits per heavy atom. The second kappa shape index (κ2) is 20.0. The Morgan fingerprint density at radius 2 is 1.37 bits per heavy atom. The first-order chi connectivity index (χ1) is 15.9. The summed E-state index contributed by atoms with van der Waals surface area (Å²) in [5.74, 6) is 4.66. The second-order valence-electron chi connectivity index (χ2n) is 9.72. The number of hydrogen-bond acceptors (Lipinski definition) is 10. The molecule has 2 saturated heterocycles. The van der Waals surface area contributed by atoms with Crippen LogP contribution in [0.1, 0.15) is 28.2 Å². The molecular formula is C25H51N7OS2. The lowest BCUT2D eigenvalue weighted by molar-refractivity contribution is -0.178. The van der Waals surface area contributed by atoms with Crippen molar-refractivity contribution in [2.75, 3.05) is 98.0 Å². The van der Waals surface area contributed by atoms with E-state index in [-0.39, 0.29) is 19.4 Å². The van der Waals surface area contributed by atoms with Crippen LogP contribution in [-0.4, -0.2) is 134 Å². The van der Waals surface area contributed by atoms with E-state index in [9.17, 15) is 0 Å². The predicted octanol–water partition coefficient (Wildman–Crippen LogP) is 3.36. The molecule has 2 aliphatic heterocycles. The van der Waals surface area contributed by atoms with E-state index in [0.717, 1.165) is 43.4 Å². The highest BCUT2D eigenvalue weighted by Crippen LogP contribution is 2.14. The third-order valence-corrected chi connectivity index (χ3v) is 6.47. The van der Waals surface area contributed by atoms with Crippen LogP contribution in [0, 0.1) is 22.7 Å². The Kier molecular flexibility index (Phi) is 20.6. The molecule has 0 atom stereocenters. The van der Waals surface area contributed by atoms with Crippen molar-refractivity contribution in [3.8, 4) is 12.1 Å². The van der Waals surface area contributed by atoms with Crippen molar-refractivity contribution < 1.29 is 4.74 Å². The highest BCUT2D eigenvalue weighted by Gasteiger charge is 2.21. The molecule has 0 bridgehead atoms. The fourth-order valence-corrected chi connectivity index (χ4v) is 4.96. The molecule has 0 aliphatic carbocycles. The fraction of sp³-hybridized carbons (Fsp3) is 0.840. The second-order valence-corrected chi connectivity index (χ2v) is 12.2. The molecule has 2 rings (SSSR count). The van der Waals surface area contributed by atoms with E-state index < -0.39 is 0 Å². The van der Waals surface area contributed by atoms with Crippen molar-refractivity contribution >= 4 is 23.5 Å². The molecule has 0 saturated carbocycles. The number of hydrogen-bond donors (Lipinski definition) is 0. The highest BCUT2D eigenvalue weighted by atomic mass is 32.2. The van der Waals surface area contributed by atoms with Gasteiger partial charge in [0.2, 0.25) is 0 Å². The molecule has 10 heteroatoms. The maximum atomic E-state index is 8.93. The van der Waals surface area contributed by atoms with E-state index in [2.05, 4.69) is 42.7 Å². The fourth-order valence-electron chi connectivity index (χ4n) is 3.08. The minimum absolute atomic E-state index is 0. The zero-order valence-corrected chi connectivity index (χ0v) is 24.5.